The lowest BCUT2D eigenvalue weighted by Crippen LogP contribution is -2.27. The Balaban J connectivity index is 2.10. The van der Waals surface area contributed by atoms with Gasteiger partial charge < -0.3 is 14.8 Å². The van der Waals surface area contributed by atoms with E-state index in [1.54, 1.807) is 27.9 Å². The largest absolute Gasteiger partial charge is 0.496 e. The van der Waals surface area contributed by atoms with Crippen molar-refractivity contribution in [2.75, 3.05) is 17.7 Å². The second-order valence-corrected chi connectivity index (χ2v) is 7.73. The minimum atomic E-state index is -0.613. The van der Waals surface area contributed by atoms with Gasteiger partial charge in [-0.05, 0) is 46.2 Å². The standard InChI is InChI=1S/C18H23N3O4S/c1-10-7-8-12(24-6)11(2)14(10)20-15(22)13-9-19-16(26-13)21-17(23)25-18(3,4)5/h7-9H,1-6H3,(H,20,22)(H,19,21,23). The Morgan fingerprint density at radius 2 is 1.85 bits per heavy atom. The number of rotatable bonds is 4. The molecule has 0 aliphatic carbocycles. The summed E-state index contributed by atoms with van der Waals surface area (Å²) in [6.45, 7) is 9.10. The van der Waals surface area contributed by atoms with Crippen molar-refractivity contribution in [2.45, 2.75) is 40.2 Å². The van der Waals surface area contributed by atoms with Crippen molar-refractivity contribution in [1.82, 2.24) is 4.98 Å². The first-order valence-corrected chi connectivity index (χ1v) is 8.83. The van der Waals surface area contributed by atoms with E-state index < -0.39 is 11.7 Å². The summed E-state index contributed by atoms with van der Waals surface area (Å²) >= 11 is 1.07. The highest BCUT2D eigenvalue weighted by Gasteiger charge is 2.19. The first-order chi connectivity index (χ1) is 12.1. The van der Waals surface area contributed by atoms with Gasteiger partial charge in [0.25, 0.3) is 5.91 Å². The van der Waals surface area contributed by atoms with E-state index in [0.29, 0.717) is 21.4 Å². The molecule has 0 saturated heterocycles. The number of carbonyl (C=O) groups excluding carboxylic acids is 2. The van der Waals surface area contributed by atoms with Crippen molar-refractivity contribution >= 4 is 34.2 Å². The number of carbonyl (C=O) groups is 2. The maximum absolute atomic E-state index is 12.5. The van der Waals surface area contributed by atoms with Crippen molar-refractivity contribution in [3.8, 4) is 5.75 Å². The number of amides is 2. The molecule has 1 aromatic heterocycles. The summed E-state index contributed by atoms with van der Waals surface area (Å²) < 4.78 is 10.5. The van der Waals surface area contributed by atoms with Gasteiger partial charge in [0, 0.05) is 5.56 Å². The molecule has 2 amide bonds. The monoisotopic (exact) mass is 377 g/mol. The van der Waals surface area contributed by atoms with Gasteiger partial charge in [-0.25, -0.2) is 9.78 Å². The molecule has 0 atom stereocenters. The Kier molecular flexibility index (Phi) is 5.86. The third-order valence-corrected chi connectivity index (χ3v) is 4.33. The molecular formula is C18H23N3O4S. The lowest BCUT2D eigenvalue weighted by Gasteiger charge is -2.18. The highest BCUT2D eigenvalue weighted by Crippen LogP contribution is 2.30. The van der Waals surface area contributed by atoms with Gasteiger partial charge in [0.2, 0.25) is 0 Å². The highest BCUT2D eigenvalue weighted by atomic mass is 32.1. The van der Waals surface area contributed by atoms with Crippen LogP contribution < -0.4 is 15.4 Å². The zero-order valence-corrected chi connectivity index (χ0v) is 16.5. The molecule has 8 heteroatoms. The summed E-state index contributed by atoms with van der Waals surface area (Å²) in [7, 11) is 1.58. The van der Waals surface area contributed by atoms with Gasteiger partial charge in [0.05, 0.1) is 19.0 Å². The fraction of sp³-hybridized carbons (Fsp3) is 0.389. The zero-order chi connectivity index (χ0) is 19.5. The van der Waals surface area contributed by atoms with E-state index >= 15 is 0 Å². The van der Waals surface area contributed by atoms with Gasteiger partial charge in [0.1, 0.15) is 16.2 Å². The fourth-order valence-electron chi connectivity index (χ4n) is 2.24. The molecule has 0 fully saturated rings. The van der Waals surface area contributed by atoms with Crippen LogP contribution in [0.25, 0.3) is 0 Å². The minimum Gasteiger partial charge on any atom is -0.496 e. The molecule has 2 aromatic rings. The number of aryl methyl sites for hydroxylation is 1. The maximum atomic E-state index is 12.5. The minimum absolute atomic E-state index is 0.295. The average molecular weight is 377 g/mol. The van der Waals surface area contributed by atoms with Crippen LogP contribution in [0.1, 0.15) is 41.6 Å². The van der Waals surface area contributed by atoms with Crippen LogP contribution in [0, 0.1) is 13.8 Å². The van der Waals surface area contributed by atoms with Crippen molar-refractivity contribution in [1.29, 1.82) is 0 Å². The SMILES string of the molecule is COc1ccc(C)c(NC(=O)c2cnc(NC(=O)OC(C)(C)C)s2)c1C. The number of anilines is 2. The number of ether oxygens (including phenoxy) is 2. The molecule has 1 aromatic carbocycles. The van der Waals surface area contributed by atoms with E-state index in [1.807, 2.05) is 26.0 Å². The molecule has 0 spiro atoms. The van der Waals surface area contributed by atoms with Gasteiger partial charge in [0.15, 0.2) is 5.13 Å². The molecule has 26 heavy (non-hydrogen) atoms. The Bertz CT molecular complexity index is 824. The Morgan fingerprint density at radius 1 is 1.15 bits per heavy atom. The summed E-state index contributed by atoms with van der Waals surface area (Å²) in [6.07, 6.45) is 0.802. The van der Waals surface area contributed by atoms with Crippen molar-refractivity contribution in [2.24, 2.45) is 0 Å². The number of hydrogen-bond acceptors (Lipinski definition) is 6. The molecule has 2 N–H and O–H groups in total. The van der Waals surface area contributed by atoms with E-state index in [9.17, 15) is 9.59 Å². The molecule has 1 heterocycles. The lowest BCUT2D eigenvalue weighted by molar-refractivity contribution is 0.0635. The second-order valence-electron chi connectivity index (χ2n) is 6.70. The van der Waals surface area contributed by atoms with E-state index in [-0.39, 0.29) is 5.91 Å². The number of aromatic nitrogens is 1. The molecule has 0 radical (unpaired) electrons. The van der Waals surface area contributed by atoms with Crippen LogP contribution in [-0.4, -0.2) is 29.7 Å². The normalized spacial score (nSPS) is 11.0. The van der Waals surface area contributed by atoms with Crippen LogP contribution in [-0.2, 0) is 4.74 Å². The van der Waals surface area contributed by atoms with Gasteiger partial charge >= 0.3 is 6.09 Å². The van der Waals surface area contributed by atoms with Crippen LogP contribution in [0.15, 0.2) is 18.3 Å². The average Bonchev–Trinajstić information content (AvgIpc) is 2.98. The number of nitrogens with one attached hydrogen (secondary N) is 2. The number of thiazole rings is 1. The van der Waals surface area contributed by atoms with Crippen molar-refractivity contribution < 1.29 is 19.1 Å². The third kappa shape index (κ3) is 4.95. The third-order valence-electron chi connectivity index (χ3n) is 3.42. The molecule has 0 unspecified atom stereocenters. The summed E-state index contributed by atoms with van der Waals surface area (Å²) in [5.41, 5.74) is 1.86. The van der Waals surface area contributed by atoms with Crippen LogP contribution in [0.3, 0.4) is 0 Å². The van der Waals surface area contributed by atoms with Gasteiger partial charge in [-0.2, -0.15) is 0 Å². The first kappa shape index (κ1) is 19.7. The topological polar surface area (TPSA) is 89.5 Å². The Labute approximate surface area is 156 Å². The fourth-order valence-corrected chi connectivity index (χ4v) is 2.94. The zero-order valence-electron chi connectivity index (χ0n) is 15.7. The van der Waals surface area contributed by atoms with Crippen molar-refractivity contribution in [3.05, 3.63) is 34.3 Å². The molecular weight excluding hydrogens is 354 g/mol. The molecule has 0 aliphatic heterocycles. The lowest BCUT2D eigenvalue weighted by atomic mass is 10.1. The van der Waals surface area contributed by atoms with Crippen LogP contribution in [0.2, 0.25) is 0 Å². The van der Waals surface area contributed by atoms with E-state index in [1.165, 1.54) is 6.20 Å². The van der Waals surface area contributed by atoms with Gasteiger partial charge in [-0.3, -0.25) is 10.1 Å². The molecule has 2 rings (SSSR count). The van der Waals surface area contributed by atoms with Gasteiger partial charge in [-0.1, -0.05) is 17.4 Å². The molecule has 140 valence electrons. The second kappa shape index (κ2) is 7.74. The Morgan fingerprint density at radius 3 is 2.46 bits per heavy atom. The first-order valence-electron chi connectivity index (χ1n) is 8.02. The van der Waals surface area contributed by atoms with E-state index in [4.69, 9.17) is 9.47 Å². The quantitative estimate of drug-likeness (QED) is 0.826. The Hall–Kier alpha value is -2.61. The van der Waals surface area contributed by atoms with Gasteiger partial charge in [-0.15, -0.1) is 0 Å². The van der Waals surface area contributed by atoms with Crippen molar-refractivity contribution in [3.63, 3.8) is 0 Å². The summed E-state index contributed by atoms with van der Waals surface area (Å²) in [6, 6.07) is 3.74. The smallest absolute Gasteiger partial charge is 0.413 e. The summed E-state index contributed by atoms with van der Waals surface area (Å²) in [5.74, 6) is 0.390. The molecule has 7 nitrogen and oxygen atoms in total. The van der Waals surface area contributed by atoms with Crippen LogP contribution in [0.4, 0.5) is 15.6 Å². The summed E-state index contributed by atoms with van der Waals surface area (Å²) in [4.78, 5) is 28.7. The predicted molar refractivity (Wildman–Crippen MR) is 102 cm³/mol. The van der Waals surface area contributed by atoms with E-state index in [2.05, 4.69) is 15.6 Å². The van der Waals surface area contributed by atoms with Crippen LogP contribution >= 0.6 is 11.3 Å². The number of nitrogens with zero attached hydrogens (tertiary/aromatic N) is 1. The summed E-state index contributed by atoms with van der Waals surface area (Å²) in [5, 5.41) is 5.70. The number of hydrogen-bond donors (Lipinski definition) is 2. The predicted octanol–water partition coefficient (Wildman–Crippen LogP) is 4.37. The number of methoxy groups -OCH3 is 1. The van der Waals surface area contributed by atoms with Crippen LogP contribution in [0.5, 0.6) is 5.75 Å². The maximum Gasteiger partial charge on any atom is 0.413 e. The molecule has 0 aliphatic rings. The van der Waals surface area contributed by atoms with E-state index in [0.717, 1.165) is 22.5 Å². The number of benzene rings is 1. The highest BCUT2D eigenvalue weighted by molar-refractivity contribution is 7.17. The molecule has 0 bridgehead atoms. The molecule has 0 saturated carbocycles.